The molecule has 1 aromatic carbocycles. The lowest BCUT2D eigenvalue weighted by Crippen LogP contribution is -2.49. The van der Waals surface area contributed by atoms with E-state index in [0.29, 0.717) is 6.42 Å². The van der Waals surface area contributed by atoms with Crippen LogP contribution in [0.15, 0.2) is 40.0 Å². The highest BCUT2D eigenvalue weighted by Crippen LogP contribution is 2.43. The molecule has 13 nitrogen and oxygen atoms in total. The summed E-state index contributed by atoms with van der Waals surface area (Å²) in [6.45, 7) is 3.05. The third kappa shape index (κ3) is 5.96. The van der Waals surface area contributed by atoms with Crippen molar-refractivity contribution in [1.29, 1.82) is 0 Å². The lowest BCUT2D eigenvalue weighted by atomic mass is 9.86. The Balaban J connectivity index is 1.64. The second-order valence-corrected chi connectivity index (χ2v) is 13.2. The first-order chi connectivity index (χ1) is 21.9. The van der Waals surface area contributed by atoms with Crippen molar-refractivity contribution in [3.63, 3.8) is 0 Å². The van der Waals surface area contributed by atoms with Gasteiger partial charge in [-0.25, -0.2) is 13.2 Å². The fourth-order valence-corrected chi connectivity index (χ4v) is 7.91. The minimum absolute atomic E-state index is 0.000582. The number of rotatable bonds is 11. The van der Waals surface area contributed by atoms with Crippen molar-refractivity contribution in [2.45, 2.75) is 81.9 Å². The molecule has 0 radical (unpaired) electrons. The van der Waals surface area contributed by atoms with Gasteiger partial charge in [-0.2, -0.15) is 4.31 Å². The molecule has 2 aromatic rings. The summed E-state index contributed by atoms with van der Waals surface area (Å²) in [6, 6.07) is 6.13. The number of aromatic nitrogens is 1. The Morgan fingerprint density at radius 1 is 1.11 bits per heavy atom. The third-order valence-corrected chi connectivity index (χ3v) is 10.4. The molecule has 0 amide bonds. The zero-order valence-electron chi connectivity index (χ0n) is 25.9. The Bertz CT molecular complexity index is 1670. The highest BCUT2D eigenvalue weighted by Gasteiger charge is 2.53. The molecular weight excluding hydrogens is 627 g/mol. The SMILES string of the molecule is CCOC(=O)C(CCF)(OC(=O)[C@H]1CCCN1S(=O)(=O)c1ccc(C)cc1)c1cc2n(c(=O)c1COC(C)=O)CCC21OCCO1. The second kappa shape index (κ2) is 13.2. The minimum Gasteiger partial charge on any atom is -0.463 e. The van der Waals surface area contributed by atoms with Gasteiger partial charge in [-0.05, 0) is 44.9 Å². The summed E-state index contributed by atoms with van der Waals surface area (Å²) >= 11 is 0. The van der Waals surface area contributed by atoms with Crippen molar-refractivity contribution in [2.24, 2.45) is 0 Å². The van der Waals surface area contributed by atoms with Crippen LogP contribution in [0, 0.1) is 6.92 Å². The zero-order chi connectivity index (χ0) is 33.3. The number of hydrogen-bond acceptors (Lipinski definition) is 11. The average molecular weight is 665 g/mol. The normalized spacial score (nSPS) is 20.3. The van der Waals surface area contributed by atoms with E-state index in [4.69, 9.17) is 23.7 Å². The second-order valence-electron chi connectivity index (χ2n) is 11.4. The molecule has 5 rings (SSSR count). The van der Waals surface area contributed by atoms with Gasteiger partial charge in [0.2, 0.25) is 21.4 Å². The fourth-order valence-electron chi connectivity index (χ4n) is 6.26. The summed E-state index contributed by atoms with van der Waals surface area (Å²) in [7, 11) is -4.17. The monoisotopic (exact) mass is 664 g/mol. The zero-order valence-corrected chi connectivity index (χ0v) is 26.7. The predicted octanol–water partition coefficient (Wildman–Crippen LogP) is 2.34. The summed E-state index contributed by atoms with van der Waals surface area (Å²) in [5.41, 5.74) is -2.69. The Kier molecular flexibility index (Phi) is 9.68. The first-order valence-electron chi connectivity index (χ1n) is 15.1. The number of hydrogen-bond donors (Lipinski definition) is 0. The molecule has 0 aliphatic carbocycles. The van der Waals surface area contributed by atoms with Gasteiger partial charge in [0.25, 0.3) is 5.56 Å². The van der Waals surface area contributed by atoms with Gasteiger partial charge in [0.1, 0.15) is 12.6 Å². The maximum atomic E-state index is 14.5. The predicted molar refractivity (Wildman–Crippen MR) is 157 cm³/mol. The van der Waals surface area contributed by atoms with Crippen LogP contribution in [0.2, 0.25) is 0 Å². The first kappa shape index (κ1) is 33.7. The van der Waals surface area contributed by atoms with Crippen LogP contribution in [0.1, 0.15) is 61.9 Å². The van der Waals surface area contributed by atoms with Gasteiger partial charge in [-0.1, -0.05) is 17.7 Å². The van der Waals surface area contributed by atoms with Crippen LogP contribution in [-0.2, 0) is 72.6 Å². The number of carbonyl (C=O) groups is 3. The molecule has 3 aliphatic rings. The molecule has 3 aliphatic heterocycles. The average Bonchev–Trinajstić information content (AvgIpc) is 3.78. The van der Waals surface area contributed by atoms with E-state index in [-0.39, 0.29) is 67.5 Å². The smallest absolute Gasteiger partial charge is 0.355 e. The summed E-state index contributed by atoms with van der Waals surface area (Å²) in [6.07, 6.45) is -0.145. The fraction of sp³-hybridized carbons (Fsp3) is 0.548. The van der Waals surface area contributed by atoms with Crippen LogP contribution in [-0.4, -0.2) is 74.3 Å². The molecular formula is C31H37FN2O11S. The molecule has 1 aromatic heterocycles. The molecule has 1 unspecified atom stereocenters. The topological polar surface area (TPSA) is 157 Å². The van der Waals surface area contributed by atoms with E-state index < -0.39 is 70.6 Å². The highest BCUT2D eigenvalue weighted by molar-refractivity contribution is 7.89. The van der Waals surface area contributed by atoms with Crippen molar-refractivity contribution in [3.05, 3.63) is 63.1 Å². The van der Waals surface area contributed by atoms with Gasteiger partial charge >= 0.3 is 17.9 Å². The summed E-state index contributed by atoms with van der Waals surface area (Å²) < 4.78 is 72.3. The van der Waals surface area contributed by atoms with Crippen LogP contribution < -0.4 is 5.56 Å². The van der Waals surface area contributed by atoms with Crippen molar-refractivity contribution >= 4 is 27.9 Å². The van der Waals surface area contributed by atoms with E-state index in [1.165, 1.54) is 29.7 Å². The number of carbonyl (C=O) groups excluding carboxylic acids is 3. The molecule has 2 saturated heterocycles. The van der Waals surface area contributed by atoms with Gasteiger partial charge in [-0.3, -0.25) is 18.8 Å². The number of sulfonamides is 1. The minimum atomic E-state index is -4.17. The number of nitrogens with zero attached hydrogens (tertiary/aromatic N) is 2. The molecule has 1 spiro atoms. The molecule has 2 atom stereocenters. The largest absolute Gasteiger partial charge is 0.463 e. The van der Waals surface area contributed by atoms with Crippen molar-refractivity contribution < 1.29 is 50.9 Å². The number of benzene rings is 1. The number of halogens is 1. The number of aryl methyl sites for hydroxylation is 1. The van der Waals surface area contributed by atoms with Crippen LogP contribution >= 0.6 is 0 Å². The molecule has 0 saturated carbocycles. The summed E-state index contributed by atoms with van der Waals surface area (Å²) in [4.78, 5) is 53.7. The number of alkyl halides is 1. The van der Waals surface area contributed by atoms with Gasteiger partial charge in [0, 0.05) is 38.4 Å². The quantitative estimate of drug-likeness (QED) is 0.257. The lowest BCUT2D eigenvalue weighted by molar-refractivity contribution is -0.188. The van der Waals surface area contributed by atoms with E-state index in [9.17, 15) is 32.0 Å². The van der Waals surface area contributed by atoms with Gasteiger partial charge in [-0.15, -0.1) is 0 Å². The number of fused-ring (bicyclic) bond motifs is 2. The lowest BCUT2D eigenvalue weighted by Gasteiger charge is -2.35. The van der Waals surface area contributed by atoms with Crippen molar-refractivity contribution in [1.82, 2.24) is 8.87 Å². The number of esters is 3. The Morgan fingerprint density at radius 3 is 2.43 bits per heavy atom. The Labute approximate surface area is 265 Å². The highest BCUT2D eigenvalue weighted by atomic mass is 32.2. The van der Waals surface area contributed by atoms with E-state index in [2.05, 4.69) is 0 Å². The maximum absolute atomic E-state index is 14.5. The van der Waals surface area contributed by atoms with E-state index in [1.54, 1.807) is 19.1 Å². The third-order valence-electron chi connectivity index (χ3n) is 8.49. The molecule has 250 valence electrons. The molecule has 2 fully saturated rings. The van der Waals surface area contributed by atoms with Crippen LogP contribution in [0.25, 0.3) is 0 Å². The van der Waals surface area contributed by atoms with E-state index >= 15 is 0 Å². The van der Waals surface area contributed by atoms with Gasteiger partial charge in [0.15, 0.2) is 0 Å². The number of pyridine rings is 1. The Hall–Kier alpha value is -3.66. The van der Waals surface area contributed by atoms with Crippen LogP contribution in [0.3, 0.4) is 0 Å². The molecule has 15 heteroatoms. The molecule has 4 heterocycles. The first-order valence-corrected chi connectivity index (χ1v) is 16.6. The van der Waals surface area contributed by atoms with E-state index in [1.807, 2.05) is 0 Å². The Morgan fingerprint density at radius 2 is 1.80 bits per heavy atom. The number of ether oxygens (including phenoxy) is 5. The molecule has 46 heavy (non-hydrogen) atoms. The maximum Gasteiger partial charge on any atom is 0.355 e. The van der Waals surface area contributed by atoms with Crippen LogP contribution in [0.4, 0.5) is 4.39 Å². The molecule has 0 N–H and O–H groups in total. The van der Waals surface area contributed by atoms with Gasteiger partial charge in [0.05, 0.1) is 42.6 Å². The van der Waals surface area contributed by atoms with Crippen molar-refractivity contribution in [3.8, 4) is 0 Å². The summed E-state index contributed by atoms with van der Waals surface area (Å²) in [5, 5.41) is 0. The van der Waals surface area contributed by atoms with E-state index in [0.717, 1.165) is 16.8 Å². The van der Waals surface area contributed by atoms with Crippen molar-refractivity contribution in [2.75, 3.05) is 33.0 Å². The van der Waals surface area contributed by atoms with Gasteiger partial charge < -0.3 is 28.3 Å². The van der Waals surface area contributed by atoms with Crippen LogP contribution in [0.5, 0.6) is 0 Å². The molecule has 0 bridgehead atoms. The standard InChI is InChI=1S/C31H37FN2O11S/c1-4-41-29(38)30(11-13-32,45-28(37)25-6-5-14-34(25)46(39,40)22-9-7-20(2)8-10-22)24-18-26-31(43-16-17-44-31)12-15-33(26)27(36)23(24)19-42-21(3)35/h7-10,18,25H,4-6,11-17,19H2,1-3H3/t25-,30?/m1/s1. The summed E-state index contributed by atoms with van der Waals surface area (Å²) in [5.74, 6) is -4.38.